The zero-order chi connectivity index (χ0) is 20.2. The topological polar surface area (TPSA) is 96.2 Å². The molecule has 29 heavy (non-hydrogen) atoms. The van der Waals surface area contributed by atoms with Crippen molar-refractivity contribution < 1.29 is 4.79 Å². The van der Waals surface area contributed by atoms with Crippen molar-refractivity contribution in [3.05, 3.63) is 41.4 Å². The summed E-state index contributed by atoms with van der Waals surface area (Å²) < 4.78 is 2.03. The summed E-state index contributed by atoms with van der Waals surface area (Å²) >= 11 is 5.84. The molecule has 2 aromatic rings. The van der Waals surface area contributed by atoms with Crippen molar-refractivity contribution in [2.75, 3.05) is 25.0 Å². The molecule has 160 valence electrons. The predicted octanol–water partition coefficient (Wildman–Crippen LogP) is 3.09. The monoisotopic (exact) mass is 533 g/mol. The summed E-state index contributed by atoms with van der Waals surface area (Å²) in [5, 5.41) is 18.0. The highest BCUT2D eigenvalue weighted by Crippen LogP contribution is 2.13. The van der Waals surface area contributed by atoms with E-state index in [1.165, 1.54) is 0 Å². The van der Waals surface area contributed by atoms with Crippen LogP contribution in [0.25, 0.3) is 0 Å². The van der Waals surface area contributed by atoms with Crippen LogP contribution >= 0.6 is 35.6 Å². The fourth-order valence-electron chi connectivity index (χ4n) is 2.56. The van der Waals surface area contributed by atoms with E-state index in [-0.39, 0.29) is 29.9 Å². The van der Waals surface area contributed by atoms with Crippen LogP contribution in [0.5, 0.6) is 0 Å². The standard InChI is InChI=1S/C19H28ClN7O.HI/c1-3-17-26-24-14-27(17)13-12-23-19(21-4-2)22-11-5-6-18(28)25-16-9-7-15(20)8-10-16;/h7-10,14H,3-6,11-13H2,1-2H3,(H,25,28)(H2,21,22,23);1H. The first-order valence-electron chi connectivity index (χ1n) is 9.56. The van der Waals surface area contributed by atoms with Crippen molar-refractivity contribution in [3.63, 3.8) is 0 Å². The van der Waals surface area contributed by atoms with E-state index in [4.69, 9.17) is 11.6 Å². The van der Waals surface area contributed by atoms with Gasteiger partial charge in [-0.1, -0.05) is 18.5 Å². The summed E-state index contributed by atoms with van der Waals surface area (Å²) in [6.45, 7) is 6.90. The SMILES string of the molecule is CCNC(=NCCCC(=O)Nc1ccc(Cl)cc1)NCCn1cnnc1CC.I. The van der Waals surface area contributed by atoms with Gasteiger partial charge in [-0.25, -0.2) is 0 Å². The van der Waals surface area contributed by atoms with E-state index >= 15 is 0 Å². The normalized spacial score (nSPS) is 10.9. The number of carbonyl (C=O) groups excluding carboxylic acids is 1. The molecule has 0 spiro atoms. The van der Waals surface area contributed by atoms with E-state index in [1.54, 1.807) is 30.6 Å². The number of nitrogens with one attached hydrogen (secondary N) is 3. The van der Waals surface area contributed by atoms with Crippen LogP contribution in [-0.2, 0) is 17.8 Å². The molecule has 0 aliphatic rings. The van der Waals surface area contributed by atoms with Crippen LogP contribution < -0.4 is 16.0 Å². The zero-order valence-electron chi connectivity index (χ0n) is 16.8. The molecule has 0 radical (unpaired) electrons. The Hall–Kier alpha value is -1.88. The smallest absolute Gasteiger partial charge is 0.224 e. The number of anilines is 1. The number of aromatic nitrogens is 3. The van der Waals surface area contributed by atoms with Crippen molar-refractivity contribution in [1.29, 1.82) is 0 Å². The fourth-order valence-corrected chi connectivity index (χ4v) is 2.69. The number of aryl methyl sites for hydroxylation is 1. The molecule has 1 heterocycles. The maximum absolute atomic E-state index is 12.0. The molecule has 0 fully saturated rings. The summed E-state index contributed by atoms with van der Waals surface area (Å²) in [5.74, 6) is 1.68. The highest BCUT2D eigenvalue weighted by Gasteiger charge is 2.04. The molecule has 10 heteroatoms. The second kappa shape index (κ2) is 14.2. The predicted molar refractivity (Wildman–Crippen MR) is 128 cm³/mol. The molecule has 0 atom stereocenters. The highest BCUT2D eigenvalue weighted by atomic mass is 127. The average Bonchev–Trinajstić information content (AvgIpc) is 3.14. The summed E-state index contributed by atoms with van der Waals surface area (Å²) in [6, 6.07) is 7.06. The van der Waals surface area contributed by atoms with Crippen LogP contribution in [-0.4, -0.2) is 46.3 Å². The van der Waals surface area contributed by atoms with Crippen molar-refractivity contribution in [3.8, 4) is 0 Å². The molecule has 8 nitrogen and oxygen atoms in total. The first kappa shape index (κ1) is 25.2. The number of nitrogens with zero attached hydrogens (tertiary/aromatic N) is 4. The van der Waals surface area contributed by atoms with Gasteiger partial charge in [-0.15, -0.1) is 34.2 Å². The minimum atomic E-state index is -0.0322. The fraction of sp³-hybridized carbons (Fsp3) is 0.474. The molecule has 0 saturated heterocycles. The Morgan fingerprint density at radius 1 is 1.21 bits per heavy atom. The van der Waals surface area contributed by atoms with E-state index in [1.807, 2.05) is 11.5 Å². The maximum Gasteiger partial charge on any atom is 0.224 e. The molecule has 0 bridgehead atoms. The van der Waals surface area contributed by atoms with E-state index in [0.29, 0.717) is 31.0 Å². The van der Waals surface area contributed by atoms with Gasteiger partial charge in [-0.3, -0.25) is 9.79 Å². The molecule has 1 amide bonds. The summed E-state index contributed by atoms with van der Waals surface area (Å²) in [5.41, 5.74) is 0.744. The van der Waals surface area contributed by atoms with Crippen LogP contribution in [0, 0.1) is 0 Å². The summed E-state index contributed by atoms with van der Waals surface area (Å²) in [4.78, 5) is 16.5. The first-order chi connectivity index (χ1) is 13.6. The van der Waals surface area contributed by atoms with Crippen molar-refractivity contribution in [2.24, 2.45) is 4.99 Å². The lowest BCUT2D eigenvalue weighted by Gasteiger charge is -2.12. The molecule has 0 aliphatic carbocycles. The molecule has 1 aromatic heterocycles. The first-order valence-corrected chi connectivity index (χ1v) is 9.94. The van der Waals surface area contributed by atoms with Gasteiger partial charge in [-0.05, 0) is 37.6 Å². The lowest BCUT2D eigenvalue weighted by atomic mass is 10.2. The third kappa shape index (κ3) is 9.44. The number of hydrogen-bond donors (Lipinski definition) is 3. The van der Waals surface area contributed by atoms with Crippen molar-refractivity contribution in [1.82, 2.24) is 25.4 Å². The molecule has 0 aliphatic heterocycles. The van der Waals surface area contributed by atoms with Gasteiger partial charge in [0.15, 0.2) is 5.96 Å². The Balaban J connectivity index is 0.00000420. The molecule has 3 N–H and O–H groups in total. The zero-order valence-corrected chi connectivity index (χ0v) is 19.9. The molecule has 2 rings (SSSR count). The largest absolute Gasteiger partial charge is 0.357 e. The number of benzene rings is 1. The number of rotatable bonds is 10. The third-order valence-corrected chi connectivity index (χ3v) is 4.21. The van der Waals surface area contributed by atoms with Gasteiger partial charge in [0.05, 0.1) is 0 Å². The highest BCUT2D eigenvalue weighted by molar-refractivity contribution is 14.0. The summed E-state index contributed by atoms with van der Waals surface area (Å²) in [6.07, 6.45) is 3.67. The maximum atomic E-state index is 12.0. The molecule has 0 unspecified atom stereocenters. The van der Waals surface area contributed by atoms with Crippen molar-refractivity contribution in [2.45, 2.75) is 39.7 Å². The van der Waals surface area contributed by atoms with E-state index in [2.05, 4.69) is 38.1 Å². The van der Waals surface area contributed by atoms with Crippen LogP contribution in [0.4, 0.5) is 5.69 Å². The van der Waals surface area contributed by atoms with E-state index < -0.39 is 0 Å². The molecular formula is C19H29ClIN7O. The Labute approximate surface area is 193 Å². The number of guanidine groups is 1. The molecule has 0 saturated carbocycles. The second-order valence-electron chi connectivity index (χ2n) is 6.14. The number of hydrogen-bond acceptors (Lipinski definition) is 4. The van der Waals surface area contributed by atoms with Gasteiger partial charge < -0.3 is 20.5 Å². The Bertz CT molecular complexity index is 764. The number of aliphatic imine (C=N–C) groups is 1. The minimum Gasteiger partial charge on any atom is -0.357 e. The van der Waals surface area contributed by atoms with E-state index in [0.717, 1.165) is 37.0 Å². The summed E-state index contributed by atoms with van der Waals surface area (Å²) in [7, 11) is 0. The Morgan fingerprint density at radius 2 is 1.97 bits per heavy atom. The van der Waals surface area contributed by atoms with Crippen LogP contribution in [0.2, 0.25) is 5.02 Å². The van der Waals surface area contributed by atoms with Gasteiger partial charge in [0.2, 0.25) is 5.91 Å². The van der Waals surface area contributed by atoms with Gasteiger partial charge in [0.25, 0.3) is 0 Å². The van der Waals surface area contributed by atoms with Gasteiger partial charge in [0, 0.05) is 49.7 Å². The van der Waals surface area contributed by atoms with Crippen molar-refractivity contribution >= 4 is 53.1 Å². The number of carbonyl (C=O) groups is 1. The third-order valence-electron chi connectivity index (χ3n) is 3.96. The average molecular weight is 534 g/mol. The number of amides is 1. The number of halogens is 2. The van der Waals surface area contributed by atoms with Crippen LogP contribution in [0.3, 0.4) is 0 Å². The molecule has 1 aromatic carbocycles. The van der Waals surface area contributed by atoms with Crippen LogP contribution in [0.15, 0.2) is 35.6 Å². The van der Waals surface area contributed by atoms with Crippen LogP contribution in [0.1, 0.15) is 32.5 Å². The Kier molecular flexibility index (Phi) is 12.3. The molecular weight excluding hydrogens is 505 g/mol. The second-order valence-corrected chi connectivity index (χ2v) is 6.58. The van der Waals surface area contributed by atoms with Gasteiger partial charge >= 0.3 is 0 Å². The van der Waals surface area contributed by atoms with Gasteiger partial charge in [0.1, 0.15) is 12.2 Å². The van der Waals surface area contributed by atoms with E-state index in [9.17, 15) is 4.79 Å². The lowest BCUT2D eigenvalue weighted by Crippen LogP contribution is -2.39. The lowest BCUT2D eigenvalue weighted by molar-refractivity contribution is -0.116. The quantitative estimate of drug-likeness (QED) is 0.189. The van der Waals surface area contributed by atoms with Gasteiger partial charge in [-0.2, -0.15) is 0 Å². The Morgan fingerprint density at radius 3 is 2.66 bits per heavy atom. The minimum absolute atomic E-state index is 0.